The van der Waals surface area contributed by atoms with Crippen LogP contribution < -0.4 is 10.5 Å². The second kappa shape index (κ2) is 9.12. The fourth-order valence-corrected chi connectivity index (χ4v) is 4.91. The van der Waals surface area contributed by atoms with Crippen LogP contribution in [-0.2, 0) is 6.18 Å². The van der Waals surface area contributed by atoms with Crippen molar-refractivity contribution in [3.63, 3.8) is 0 Å². The largest absolute Gasteiger partial charge is 0.484 e. The Labute approximate surface area is 207 Å². The summed E-state index contributed by atoms with van der Waals surface area (Å²) in [5.74, 6) is -0.627. The maximum atomic E-state index is 13.5. The molecule has 0 aliphatic rings. The predicted octanol–water partition coefficient (Wildman–Crippen LogP) is 6.41. The van der Waals surface area contributed by atoms with Crippen LogP contribution in [0.4, 0.5) is 13.2 Å². The molecule has 36 heavy (non-hydrogen) atoms. The van der Waals surface area contributed by atoms with Crippen LogP contribution in [0.15, 0.2) is 79.3 Å². The summed E-state index contributed by atoms with van der Waals surface area (Å²) in [6, 6.07) is 18.1. The average molecular weight is 509 g/mol. The molecule has 5 aromatic rings. The van der Waals surface area contributed by atoms with Crippen molar-refractivity contribution >= 4 is 28.3 Å². The number of thiophene rings is 1. The first-order valence-corrected chi connectivity index (χ1v) is 11.7. The van der Waals surface area contributed by atoms with Crippen LogP contribution in [-0.4, -0.2) is 20.4 Å². The molecule has 182 valence electrons. The highest BCUT2D eigenvalue weighted by atomic mass is 32.1. The zero-order chi connectivity index (χ0) is 25.4. The van der Waals surface area contributed by atoms with Gasteiger partial charge in [0.25, 0.3) is 5.91 Å². The lowest BCUT2D eigenvalue weighted by molar-refractivity contribution is -0.138. The number of nitrogens with two attached hydrogens (primary N) is 1. The van der Waals surface area contributed by atoms with Crippen molar-refractivity contribution in [2.45, 2.75) is 19.2 Å². The highest BCUT2D eigenvalue weighted by molar-refractivity contribution is 7.16. The summed E-state index contributed by atoms with van der Waals surface area (Å²) in [7, 11) is 0. The zero-order valence-electron chi connectivity index (χ0n) is 18.9. The first kappa shape index (κ1) is 23.6. The van der Waals surface area contributed by atoms with Gasteiger partial charge in [0.1, 0.15) is 28.1 Å². The number of benzene rings is 2. The smallest absolute Gasteiger partial charge is 0.416 e. The normalized spacial score (nSPS) is 12.6. The van der Waals surface area contributed by atoms with E-state index >= 15 is 0 Å². The number of pyridine rings is 1. The number of fused-ring (bicyclic) bond motifs is 1. The molecule has 2 N–H and O–H groups in total. The summed E-state index contributed by atoms with van der Waals surface area (Å²) in [5, 5.41) is 0.586. The number of halogens is 3. The molecule has 0 aliphatic carbocycles. The van der Waals surface area contributed by atoms with Crippen molar-refractivity contribution in [3.05, 3.63) is 95.3 Å². The minimum Gasteiger partial charge on any atom is -0.484 e. The Morgan fingerprint density at radius 3 is 2.56 bits per heavy atom. The van der Waals surface area contributed by atoms with Gasteiger partial charge in [0.15, 0.2) is 0 Å². The third-order valence-electron chi connectivity index (χ3n) is 5.66. The zero-order valence-corrected chi connectivity index (χ0v) is 19.7. The third kappa shape index (κ3) is 4.42. The fourth-order valence-electron chi connectivity index (χ4n) is 3.98. The Morgan fingerprint density at radius 2 is 1.83 bits per heavy atom. The fraction of sp³-hybridized carbons (Fsp3) is 0.115. The number of rotatable bonds is 6. The van der Waals surface area contributed by atoms with Gasteiger partial charge < -0.3 is 10.5 Å². The molecule has 0 saturated carbocycles. The number of carbonyl (C=O) groups is 1. The molecular weight excluding hydrogens is 489 g/mol. The molecule has 6 nitrogen and oxygen atoms in total. The lowest BCUT2D eigenvalue weighted by Gasteiger charge is -2.19. The number of nitrogens with zero attached hydrogens (tertiary/aromatic N) is 3. The topological polar surface area (TPSA) is 83.0 Å². The highest BCUT2D eigenvalue weighted by Gasteiger charge is 2.35. The van der Waals surface area contributed by atoms with Crippen LogP contribution >= 0.6 is 11.3 Å². The standard InChI is InChI=1S/C26H19F3N4O2S/c1-15(17-6-2-3-7-18(17)26(27,28)29)35-22-13-23(36-24(22)25(30)34)33-14-32-20-12-16(9-10-21(20)33)19-8-4-5-11-31-19/h2-15H,1H3,(H2,30,34)/t15-/m1/s1. The van der Waals surface area contributed by atoms with Crippen molar-refractivity contribution in [1.29, 1.82) is 0 Å². The Hall–Kier alpha value is -4.18. The van der Waals surface area contributed by atoms with Gasteiger partial charge in [-0.1, -0.05) is 30.3 Å². The van der Waals surface area contributed by atoms with Gasteiger partial charge in [-0.15, -0.1) is 11.3 Å². The summed E-state index contributed by atoms with van der Waals surface area (Å²) in [4.78, 5) is 21.1. The lowest BCUT2D eigenvalue weighted by Crippen LogP contribution is -2.15. The number of aromatic nitrogens is 3. The van der Waals surface area contributed by atoms with E-state index in [-0.39, 0.29) is 16.2 Å². The van der Waals surface area contributed by atoms with E-state index in [2.05, 4.69) is 9.97 Å². The van der Waals surface area contributed by atoms with Crippen molar-refractivity contribution < 1.29 is 22.7 Å². The number of amides is 1. The second-order valence-corrected chi connectivity index (χ2v) is 9.05. The maximum absolute atomic E-state index is 13.5. The third-order valence-corrected chi connectivity index (χ3v) is 6.79. The number of imidazole rings is 1. The van der Waals surface area contributed by atoms with E-state index in [1.54, 1.807) is 23.2 Å². The van der Waals surface area contributed by atoms with E-state index < -0.39 is 23.8 Å². The van der Waals surface area contributed by atoms with Gasteiger partial charge >= 0.3 is 6.18 Å². The minimum absolute atomic E-state index is 0.0386. The van der Waals surface area contributed by atoms with E-state index in [0.29, 0.717) is 10.5 Å². The predicted molar refractivity (Wildman–Crippen MR) is 131 cm³/mol. The summed E-state index contributed by atoms with van der Waals surface area (Å²) < 4.78 is 48.1. The maximum Gasteiger partial charge on any atom is 0.416 e. The van der Waals surface area contributed by atoms with Gasteiger partial charge in [0.05, 0.1) is 22.3 Å². The number of alkyl halides is 3. The number of carbonyl (C=O) groups excluding carboxylic acids is 1. The second-order valence-electron chi connectivity index (χ2n) is 8.02. The first-order chi connectivity index (χ1) is 17.2. The first-order valence-electron chi connectivity index (χ1n) is 10.9. The van der Waals surface area contributed by atoms with Crippen LogP contribution in [0.25, 0.3) is 27.3 Å². The van der Waals surface area contributed by atoms with Gasteiger partial charge in [0, 0.05) is 23.4 Å². The molecule has 0 radical (unpaired) electrons. The monoisotopic (exact) mass is 508 g/mol. The van der Waals surface area contributed by atoms with Crippen molar-refractivity contribution in [1.82, 2.24) is 14.5 Å². The average Bonchev–Trinajstić information content (AvgIpc) is 3.47. The van der Waals surface area contributed by atoms with E-state index in [1.165, 1.54) is 25.1 Å². The van der Waals surface area contributed by atoms with E-state index in [4.69, 9.17) is 10.5 Å². The molecule has 3 heterocycles. The Balaban J connectivity index is 1.50. The molecule has 0 unspecified atom stereocenters. The van der Waals surface area contributed by atoms with Gasteiger partial charge in [-0.05, 0) is 37.3 Å². The van der Waals surface area contributed by atoms with Gasteiger partial charge in [-0.25, -0.2) is 4.98 Å². The molecule has 0 bridgehead atoms. The lowest BCUT2D eigenvalue weighted by atomic mass is 10.0. The summed E-state index contributed by atoms with van der Waals surface area (Å²) >= 11 is 1.08. The van der Waals surface area contributed by atoms with Crippen LogP contribution in [0.3, 0.4) is 0 Å². The molecule has 1 amide bonds. The van der Waals surface area contributed by atoms with Crippen LogP contribution in [0.5, 0.6) is 5.75 Å². The number of ether oxygens (including phenoxy) is 1. The SMILES string of the molecule is C[C@@H](Oc1cc(-n2cnc3cc(-c4ccccn4)ccc32)sc1C(N)=O)c1ccccc1C(F)(F)F. The number of primary amides is 1. The van der Waals surface area contributed by atoms with Gasteiger partial charge in [-0.2, -0.15) is 13.2 Å². The van der Waals surface area contributed by atoms with Crippen molar-refractivity contribution in [2.24, 2.45) is 5.73 Å². The van der Waals surface area contributed by atoms with E-state index in [0.717, 1.165) is 34.2 Å². The molecule has 0 spiro atoms. The van der Waals surface area contributed by atoms with Gasteiger partial charge in [-0.3, -0.25) is 14.3 Å². The molecule has 5 rings (SSSR count). The van der Waals surface area contributed by atoms with E-state index in [1.807, 2.05) is 36.4 Å². The number of hydrogen-bond acceptors (Lipinski definition) is 5. The molecule has 1 atom stereocenters. The molecule has 10 heteroatoms. The minimum atomic E-state index is -4.54. The van der Waals surface area contributed by atoms with Gasteiger partial charge in [0.2, 0.25) is 0 Å². The molecule has 0 saturated heterocycles. The van der Waals surface area contributed by atoms with Crippen molar-refractivity contribution in [2.75, 3.05) is 0 Å². The Morgan fingerprint density at radius 1 is 1.06 bits per heavy atom. The number of hydrogen-bond donors (Lipinski definition) is 1. The summed E-state index contributed by atoms with van der Waals surface area (Å²) in [6.07, 6.45) is -2.20. The molecule has 0 aliphatic heterocycles. The molecule has 3 aromatic heterocycles. The van der Waals surface area contributed by atoms with E-state index in [9.17, 15) is 18.0 Å². The quantitative estimate of drug-likeness (QED) is 0.287. The summed E-state index contributed by atoms with van der Waals surface area (Å²) in [6.45, 7) is 1.50. The molecule has 0 fully saturated rings. The van der Waals surface area contributed by atoms with Crippen LogP contribution in [0.2, 0.25) is 0 Å². The summed E-state index contributed by atoms with van der Waals surface area (Å²) in [5.41, 5.74) is 7.93. The highest BCUT2D eigenvalue weighted by Crippen LogP contribution is 2.39. The Kier molecular flexibility index (Phi) is 5.97. The Bertz CT molecular complexity index is 1560. The molecule has 2 aromatic carbocycles. The van der Waals surface area contributed by atoms with Crippen LogP contribution in [0.1, 0.15) is 33.8 Å². The van der Waals surface area contributed by atoms with Crippen molar-refractivity contribution in [3.8, 4) is 22.0 Å². The molecular formula is C26H19F3N4O2S. The van der Waals surface area contributed by atoms with Crippen LogP contribution in [0, 0.1) is 0 Å².